The van der Waals surface area contributed by atoms with Crippen molar-refractivity contribution in [1.82, 2.24) is 5.32 Å². The van der Waals surface area contributed by atoms with E-state index < -0.39 is 5.91 Å². The normalized spacial score (nSPS) is 10.1. The molecular formula is C17H14Cl2N2O3. The fourth-order valence-electron chi connectivity index (χ4n) is 2.00. The van der Waals surface area contributed by atoms with Crippen molar-refractivity contribution in [1.29, 1.82) is 0 Å². The largest absolute Gasteiger partial charge is 0.347 e. The van der Waals surface area contributed by atoms with E-state index in [-0.39, 0.29) is 23.8 Å². The predicted molar refractivity (Wildman–Crippen MR) is 93.6 cm³/mol. The van der Waals surface area contributed by atoms with Crippen molar-refractivity contribution in [2.24, 2.45) is 0 Å². The molecule has 2 aromatic rings. The van der Waals surface area contributed by atoms with Crippen LogP contribution in [0.15, 0.2) is 42.5 Å². The van der Waals surface area contributed by atoms with Crippen LogP contribution in [-0.4, -0.2) is 24.1 Å². The Balaban J connectivity index is 2.31. The second-order valence-electron chi connectivity index (χ2n) is 4.96. The first kappa shape index (κ1) is 18.0. The molecule has 0 saturated heterocycles. The van der Waals surface area contributed by atoms with Crippen molar-refractivity contribution in [3.63, 3.8) is 0 Å². The number of hydrogen-bond acceptors (Lipinski definition) is 3. The highest BCUT2D eigenvalue weighted by Crippen LogP contribution is 2.26. The summed E-state index contributed by atoms with van der Waals surface area (Å²) < 4.78 is 0. The average molecular weight is 365 g/mol. The van der Waals surface area contributed by atoms with E-state index in [1.54, 1.807) is 30.3 Å². The Bertz CT molecular complexity index is 806. The van der Waals surface area contributed by atoms with Crippen molar-refractivity contribution >= 4 is 46.5 Å². The third-order valence-electron chi connectivity index (χ3n) is 3.12. The van der Waals surface area contributed by atoms with Gasteiger partial charge in [0.25, 0.3) is 0 Å². The third-order valence-corrected chi connectivity index (χ3v) is 3.68. The number of ketones is 1. The molecule has 0 heterocycles. The van der Waals surface area contributed by atoms with Gasteiger partial charge in [0.05, 0.1) is 17.3 Å². The number of benzene rings is 2. The molecule has 5 nitrogen and oxygen atoms in total. The van der Waals surface area contributed by atoms with E-state index in [0.717, 1.165) is 0 Å². The highest BCUT2D eigenvalue weighted by molar-refractivity contribution is 6.36. The number of carbonyl (C=O) groups is 3. The minimum Gasteiger partial charge on any atom is -0.347 e. The summed E-state index contributed by atoms with van der Waals surface area (Å²) in [6.45, 7) is 1.11. The predicted octanol–water partition coefficient (Wildman–Crippen LogP) is 3.30. The van der Waals surface area contributed by atoms with Gasteiger partial charge in [0.15, 0.2) is 5.78 Å². The molecule has 2 amide bonds. The smallest absolute Gasteiger partial charge is 0.243 e. The van der Waals surface area contributed by atoms with Crippen LogP contribution in [0, 0.1) is 0 Å². The fourth-order valence-corrected chi connectivity index (χ4v) is 2.40. The van der Waals surface area contributed by atoms with Gasteiger partial charge in [-0.1, -0.05) is 35.3 Å². The lowest BCUT2D eigenvalue weighted by Crippen LogP contribution is -2.31. The average Bonchev–Trinajstić information content (AvgIpc) is 2.54. The SMILES string of the molecule is CC(=O)NCC(=O)Nc1ccc(Cl)cc1C(=O)c1ccccc1Cl. The van der Waals surface area contributed by atoms with Crippen molar-refractivity contribution in [2.75, 3.05) is 11.9 Å². The Morgan fingerprint density at radius 3 is 2.38 bits per heavy atom. The second-order valence-corrected chi connectivity index (χ2v) is 5.80. The van der Waals surface area contributed by atoms with Crippen LogP contribution in [0.25, 0.3) is 0 Å². The van der Waals surface area contributed by atoms with E-state index in [1.807, 2.05) is 0 Å². The zero-order chi connectivity index (χ0) is 17.7. The van der Waals surface area contributed by atoms with Gasteiger partial charge in [-0.3, -0.25) is 14.4 Å². The summed E-state index contributed by atoms with van der Waals surface area (Å²) >= 11 is 12.0. The Morgan fingerprint density at radius 2 is 1.71 bits per heavy atom. The summed E-state index contributed by atoms with van der Waals surface area (Å²) in [5.41, 5.74) is 0.810. The molecule has 0 spiro atoms. The molecule has 0 atom stereocenters. The molecule has 24 heavy (non-hydrogen) atoms. The lowest BCUT2D eigenvalue weighted by molar-refractivity contribution is -0.122. The van der Waals surface area contributed by atoms with Crippen molar-refractivity contribution in [3.05, 3.63) is 63.6 Å². The van der Waals surface area contributed by atoms with Crippen LogP contribution in [0.4, 0.5) is 5.69 Å². The number of rotatable bonds is 5. The number of nitrogens with one attached hydrogen (secondary N) is 2. The molecular weight excluding hydrogens is 351 g/mol. The molecule has 0 aliphatic rings. The van der Waals surface area contributed by atoms with Gasteiger partial charge in [-0.05, 0) is 30.3 Å². The Labute approximate surface area is 149 Å². The summed E-state index contributed by atoms with van der Waals surface area (Å²) in [6.07, 6.45) is 0. The van der Waals surface area contributed by atoms with Gasteiger partial charge >= 0.3 is 0 Å². The van der Waals surface area contributed by atoms with Crippen molar-refractivity contribution in [3.8, 4) is 0 Å². The minimum atomic E-state index is -0.458. The molecule has 0 radical (unpaired) electrons. The maximum absolute atomic E-state index is 12.7. The van der Waals surface area contributed by atoms with E-state index in [2.05, 4.69) is 10.6 Å². The fraction of sp³-hybridized carbons (Fsp3) is 0.118. The summed E-state index contributed by atoms with van der Waals surface area (Å²) in [5.74, 6) is -1.15. The van der Waals surface area contributed by atoms with Crippen LogP contribution < -0.4 is 10.6 Å². The van der Waals surface area contributed by atoms with E-state index in [9.17, 15) is 14.4 Å². The van der Waals surface area contributed by atoms with Crippen LogP contribution in [0.2, 0.25) is 10.0 Å². The third kappa shape index (κ3) is 4.57. The highest BCUT2D eigenvalue weighted by atomic mass is 35.5. The van der Waals surface area contributed by atoms with Crippen LogP contribution in [0.5, 0.6) is 0 Å². The molecule has 2 rings (SSSR count). The molecule has 0 unspecified atom stereocenters. The molecule has 0 saturated carbocycles. The van der Waals surface area contributed by atoms with Crippen molar-refractivity contribution in [2.45, 2.75) is 6.92 Å². The topological polar surface area (TPSA) is 75.3 Å². The number of anilines is 1. The monoisotopic (exact) mass is 364 g/mol. The van der Waals surface area contributed by atoms with E-state index >= 15 is 0 Å². The molecule has 0 aliphatic heterocycles. The quantitative estimate of drug-likeness (QED) is 0.799. The zero-order valence-electron chi connectivity index (χ0n) is 12.7. The van der Waals surface area contributed by atoms with Crippen LogP contribution >= 0.6 is 23.2 Å². The highest BCUT2D eigenvalue weighted by Gasteiger charge is 2.18. The zero-order valence-corrected chi connectivity index (χ0v) is 14.2. The van der Waals surface area contributed by atoms with Gasteiger partial charge in [0.2, 0.25) is 11.8 Å². The maximum Gasteiger partial charge on any atom is 0.243 e. The molecule has 0 bridgehead atoms. The molecule has 124 valence electrons. The molecule has 2 aromatic carbocycles. The Kier molecular flexibility index (Phi) is 5.95. The van der Waals surface area contributed by atoms with E-state index in [0.29, 0.717) is 21.3 Å². The maximum atomic E-state index is 12.7. The summed E-state index contributed by atoms with van der Waals surface area (Å²) in [7, 11) is 0. The van der Waals surface area contributed by atoms with Gasteiger partial charge in [-0.25, -0.2) is 0 Å². The molecule has 0 aromatic heterocycles. The van der Waals surface area contributed by atoms with Crippen LogP contribution in [0.1, 0.15) is 22.8 Å². The second kappa shape index (κ2) is 7.95. The van der Waals surface area contributed by atoms with Crippen molar-refractivity contribution < 1.29 is 14.4 Å². The number of amides is 2. The lowest BCUT2D eigenvalue weighted by atomic mass is 10.0. The Hall–Kier alpha value is -2.37. The lowest BCUT2D eigenvalue weighted by Gasteiger charge is -2.12. The number of carbonyl (C=O) groups excluding carboxylic acids is 3. The first-order valence-corrected chi connectivity index (χ1v) is 7.77. The molecule has 2 N–H and O–H groups in total. The van der Waals surface area contributed by atoms with Gasteiger partial charge < -0.3 is 10.6 Å². The van der Waals surface area contributed by atoms with Gasteiger partial charge in [0.1, 0.15) is 0 Å². The number of hydrogen-bond donors (Lipinski definition) is 2. The first-order valence-electron chi connectivity index (χ1n) is 7.01. The van der Waals surface area contributed by atoms with Crippen LogP contribution in [0.3, 0.4) is 0 Å². The standard InChI is InChI=1S/C17H14Cl2N2O3/c1-10(22)20-9-16(23)21-15-7-6-11(18)8-13(15)17(24)12-4-2-3-5-14(12)19/h2-8H,9H2,1H3,(H,20,22)(H,21,23). The van der Waals surface area contributed by atoms with Gasteiger partial charge in [-0.2, -0.15) is 0 Å². The Morgan fingerprint density at radius 1 is 1.00 bits per heavy atom. The molecule has 7 heteroatoms. The minimum absolute atomic E-state index is 0.197. The van der Waals surface area contributed by atoms with Gasteiger partial charge in [-0.15, -0.1) is 0 Å². The first-order chi connectivity index (χ1) is 11.4. The van der Waals surface area contributed by atoms with Crippen LogP contribution in [-0.2, 0) is 9.59 Å². The summed E-state index contributed by atoms with van der Waals surface area (Å²) in [4.78, 5) is 35.5. The summed E-state index contributed by atoms with van der Waals surface area (Å²) in [5, 5.41) is 5.63. The van der Waals surface area contributed by atoms with E-state index in [4.69, 9.17) is 23.2 Å². The van der Waals surface area contributed by atoms with Gasteiger partial charge in [0, 0.05) is 23.1 Å². The molecule has 0 fully saturated rings. The molecule has 0 aliphatic carbocycles. The summed E-state index contributed by atoms with van der Waals surface area (Å²) in [6, 6.07) is 11.1. The van der Waals surface area contributed by atoms with E-state index in [1.165, 1.54) is 19.1 Å². The number of halogens is 2.